The second-order valence-electron chi connectivity index (χ2n) is 7.14. The molecule has 0 bridgehead atoms. The molecule has 0 spiro atoms. The monoisotopic (exact) mass is 307 g/mol. The smallest absolute Gasteiger partial charge is 0.236 e. The van der Waals surface area contributed by atoms with Crippen LogP contribution >= 0.6 is 0 Å². The van der Waals surface area contributed by atoms with Crippen LogP contribution in [0.25, 0.3) is 0 Å². The zero-order valence-corrected chi connectivity index (χ0v) is 14.9. The van der Waals surface area contributed by atoms with E-state index in [0.29, 0.717) is 11.8 Å². The summed E-state index contributed by atoms with van der Waals surface area (Å²) in [7, 11) is 2.13. The maximum Gasteiger partial charge on any atom is 0.244 e. The molecule has 3 rings (SSSR count). The van der Waals surface area contributed by atoms with Crippen LogP contribution in [0.3, 0.4) is 0 Å². The fourth-order valence-corrected chi connectivity index (χ4v) is 3.14. The topological polar surface area (TPSA) is 6.25 Å². The Morgan fingerprint density at radius 1 is 0.870 bits per heavy atom. The lowest BCUT2D eigenvalue weighted by Gasteiger charge is -2.22. The molecule has 0 aromatic heterocycles. The molecule has 0 amide bonds. The first kappa shape index (κ1) is 15.8. The van der Waals surface area contributed by atoms with Crippen LogP contribution in [0.5, 0.6) is 0 Å². The standard InChI is InChI=1S/C21H27N2/c1-15(2)17-6-9-20(10-7-17)23-13-19-12-18(16(3)4)8-11-21(19)22(5)14-23/h6-12,14-16H,13H2,1-5H3/q+1. The summed E-state index contributed by atoms with van der Waals surface area (Å²) in [6, 6.07) is 15.8. The molecule has 2 aromatic rings. The minimum atomic E-state index is 0.565. The molecule has 0 N–H and O–H groups in total. The molecule has 2 nitrogen and oxygen atoms in total. The third-order valence-electron chi connectivity index (χ3n) is 4.69. The molecule has 0 atom stereocenters. The molecule has 0 fully saturated rings. The van der Waals surface area contributed by atoms with Crippen molar-refractivity contribution < 1.29 is 4.58 Å². The maximum absolute atomic E-state index is 2.36. The van der Waals surface area contributed by atoms with E-state index in [9.17, 15) is 0 Å². The van der Waals surface area contributed by atoms with E-state index in [1.54, 1.807) is 0 Å². The molecule has 0 saturated heterocycles. The van der Waals surface area contributed by atoms with Crippen LogP contribution in [0.15, 0.2) is 42.5 Å². The van der Waals surface area contributed by atoms with Gasteiger partial charge >= 0.3 is 0 Å². The van der Waals surface area contributed by atoms with Crippen molar-refractivity contribution in [3.63, 3.8) is 0 Å². The highest BCUT2D eigenvalue weighted by Gasteiger charge is 2.23. The Morgan fingerprint density at radius 3 is 2.09 bits per heavy atom. The molecule has 1 aliphatic rings. The van der Waals surface area contributed by atoms with Gasteiger partial charge in [0, 0.05) is 5.56 Å². The fourth-order valence-electron chi connectivity index (χ4n) is 3.14. The van der Waals surface area contributed by atoms with Gasteiger partial charge in [0.2, 0.25) is 6.34 Å². The third-order valence-corrected chi connectivity index (χ3v) is 4.69. The second-order valence-corrected chi connectivity index (χ2v) is 7.14. The predicted molar refractivity (Wildman–Crippen MR) is 99.2 cm³/mol. The van der Waals surface area contributed by atoms with Crippen LogP contribution in [0.1, 0.15) is 56.2 Å². The van der Waals surface area contributed by atoms with E-state index in [0.717, 1.165) is 6.54 Å². The first-order chi connectivity index (χ1) is 11.0. The van der Waals surface area contributed by atoms with Crippen molar-refractivity contribution in [2.24, 2.45) is 0 Å². The van der Waals surface area contributed by atoms with Gasteiger partial charge in [-0.3, -0.25) is 0 Å². The largest absolute Gasteiger partial charge is 0.244 e. The molecule has 0 unspecified atom stereocenters. The number of hydrogen-bond acceptors (Lipinski definition) is 1. The van der Waals surface area contributed by atoms with Crippen molar-refractivity contribution in [1.29, 1.82) is 0 Å². The van der Waals surface area contributed by atoms with Gasteiger partial charge < -0.3 is 0 Å². The average molecular weight is 307 g/mol. The Balaban J connectivity index is 1.92. The van der Waals surface area contributed by atoms with E-state index in [1.165, 1.54) is 28.1 Å². The maximum atomic E-state index is 2.36. The minimum absolute atomic E-state index is 0.565. The summed E-state index contributed by atoms with van der Waals surface area (Å²) < 4.78 is 2.22. The van der Waals surface area contributed by atoms with Gasteiger partial charge in [-0.15, -0.1) is 0 Å². The summed E-state index contributed by atoms with van der Waals surface area (Å²) in [5.74, 6) is 1.14. The van der Waals surface area contributed by atoms with Crippen molar-refractivity contribution in [2.45, 2.75) is 46.1 Å². The highest BCUT2D eigenvalue weighted by atomic mass is 15.2. The molecule has 0 saturated carbocycles. The quantitative estimate of drug-likeness (QED) is 0.701. The SMILES string of the molecule is CC(C)c1ccc(N2C=[N+](C)c3ccc(C(C)C)cc3C2)cc1. The van der Waals surface area contributed by atoms with E-state index in [4.69, 9.17) is 0 Å². The van der Waals surface area contributed by atoms with Crippen LogP contribution in [0.4, 0.5) is 11.4 Å². The van der Waals surface area contributed by atoms with Crippen molar-refractivity contribution in [1.82, 2.24) is 0 Å². The van der Waals surface area contributed by atoms with E-state index in [2.05, 4.69) is 93.0 Å². The molecule has 23 heavy (non-hydrogen) atoms. The van der Waals surface area contributed by atoms with Crippen LogP contribution in [-0.4, -0.2) is 18.0 Å². The number of nitrogens with zero attached hydrogens (tertiary/aromatic N) is 2. The van der Waals surface area contributed by atoms with E-state index >= 15 is 0 Å². The summed E-state index contributed by atoms with van der Waals surface area (Å²) in [6.45, 7) is 9.91. The van der Waals surface area contributed by atoms with Crippen molar-refractivity contribution in [3.8, 4) is 0 Å². The predicted octanol–water partition coefficient (Wildman–Crippen LogP) is 5.26. The number of rotatable bonds is 3. The molecule has 1 heterocycles. The average Bonchev–Trinajstić information content (AvgIpc) is 2.54. The Labute approximate surface area is 140 Å². The Morgan fingerprint density at radius 2 is 1.48 bits per heavy atom. The minimum Gasteiger partial charge on any atom is -0.236 e. The first-order valence-electron chi connectivity index (χ1n) is 8.53. The number of fused-ring (bicyclic) bond motifs is 1. The van der Waals surface area contributed by atoms with Gasteiger partial charge in [0.25, 0.3) is 0 Å². The molecule has 2 aromatic carbocycles. The van der Waals surface area contributed by atoms with Gasteiger partial charge in [-0.2, -0.15) is 0 Å². The summed E-state index contributed by atoms with van der Waals surface area (Å²) in [4.78, 5) is 2.33. The molecule has 2 heteroatoms. The second kappa shape index (κ2) is 6.19. The lowest BCUT2D eigenvalue weighted by Crippen LogP contribution is -2.29. The number of hydrogen-bond donors (Lipinski definition) is 0. The zero-order chi connectivity index (χ0) is 16.6. The fraction of sp³-hybridized carbons (Fsp3) is 0.381. The highest BCUT2D eigenvalue weighted by Crippen LogP contribution is 2.30. The summed E-state index contributed by atoms with van der Waals surface area (Å²) in [5.41, 5.74) is 6.76. The Bertz CT molecular complexity index is 724. The van der Waals surface area contributed by atoms with Crippen molar-refractivity contribution in [2.75, 3.05) is 11.9 Å². The number of anilines is 1. The normalized spacial score (nSPS) is 14.2. The Kier molecular flexibility index (Phi) is 4.25. The van der Waals surface area contributed by atoms with Gasteiger partial charge in [0.15, 0.2) is 0 Å². The number of benzene rings is 2. The van der Waals surface area contributed by atoms with Crippen LogP contribution in [0, 0.1) is 0 Å². The lowest BCUT2D eigenvalue weighted by atomic mass is 9.98. The summed E-state index contributed by atoms with van der Waals surface area (Å²) in [5, 5.41) is 0. The van der Waals surface area contributed by atoms with Gasteiger partial charge in [-0.05, 0) is 47.2 Å². The van der Waals surface area contributed by atoms with Crippen LogP contribution in [0.2, 0.25) is 0 Å². The zero-order valence-electron chi connectivity index (χ0n) is 14.9. The molecule has 0 aliphatic carbocycles. The molecular formula is C21H27N2+. The van der Waals surface area contributed by atoms with Crippen LogP contribution in [-0.2, 0) is 6.54 Å². The summed E-state index contributed by atoms with van der Waals surface area (Å²) in [6.07, 6.45) is 2.20. The summed E-state index contributed by atoms with van der Waals surface area (Å²) >= 11 is 0. The van der Waals surface area contributed by atoms with Crippen LogP contribution < -0.4 is 4.90 Å². The van der Waals surface area contributed by atoms with Gasteiger partial charge in [-0.25, -0.2) is 9.48 Å². The van der Waals surface area contributed by atoms with Crippen molar-refractivity contribution in [3.05, 3.63) is 59.2 Å². The molecular weight excluding hydrogens is 280 g/mol. The van der Waals surface area contributed by atoms with E-state index in [1.807, 2.05) is 0 Å². The van der Waals surface area contributed by atoms with E-state index < -0.39 is 0 Å². The van der Waals surface area contributed by atoms with Gasteiger partial charge in [-0.1, -0.05) is 45.9 Å². The van der Waals surface area contributed by atoms with Crippen molar-refractivity contribution >= 4 is 17.7 Å². The molecule has 0 radical (unpaired) electrons. The third kappa shape index (κ3) is 3.17. The first-order valence-corrected chi connectivity index (χ1v) is 8.53. The molecule has 1 aliphatic heterocycles. The van der Waals surface area contributed by atoms with E-state index in [-0.39, 0.29) is 0 Å². The molecule has 120 valence electrons. The van der Waals surface area contributed by atoms with Gasteiger partial charge in [0.05, 0.1) is 7.05 Å². The lowest BCUT2D eigenvalue weighted by molar-refractivity contribution is -0.403. The van der Waals surface area contributed by atoms with Gasteiger partial charge in [0.1, 0.15) is 17.9 Å². The highest BCUT2D eigenvalue weighted by molar-refractivity contribution is 5.79. The Hall–Kier alpha value is -2.09.